The summed E-state index contributed by atoms with van der Waals surface area (Å²) in [6.45, 7) is 9.28. The van der Waals surface area contributed by atoms with E-state index in [0.29, 0.717) is 5.56 Å². The molecule has 13 heteroatoms. The molecular formula is C24H27F3N6O4. The maximum atomic E-state index is 13.2. The number of nitrogens with one attached hydrogen (secondary N) is 1. The zero-order valence-electron chi connectivity index (χ0n) is 20.9. The molecule has 1 amide bonds. The summed E-state index contributed by atoms with van der Waals surface area (Å²) in [5.41, 5.74) is 3.79. The van der Waals surface area contributed by atoms with E-state index in [1.807, 2.05) is 13.8 Å². The van der Waals surface area contributed by atoms with Gasteiger partial charge in [-0.15, -0.1) is 0 Å². The number of aromatic nitrogens is 3. The summed E-state index contributed by atoms with van der Waals surface area (Å²) in [5, 5.41) is 18.8. The molecule has 0 saturated carbocycles. The number of alkyl halides is 3. The van der Waals surface area contributed by atoms with E-state index in [4.69, 9.17) is 10.5 Å². The van der Waals surface area contributed by atoms with Crippen LogP contribution in [0.1, 0.15) is 50.7 Å². The number of carbonyl (C=O) groups is 1. The summed E-state index contributed by atoms with van der Waals surface area (Å²) < 4.78 is 46.7. The summed E-state index contributed by atoms with van der Waals surface area (Å²) in [7, 11) is 0. The molecule has 0 aliphatic carbocycles. The molecule has 0 bridgehead atoms. The first-order valence-corrected chi connectivity index (χ1v) is 11.3. The maximum Gasteiger partial charge on any atom is 0.433 e. The van der Waals surface area contributed by atoms with Gasteiger partial charge in [-0.05, 0) is 51.0 Å². The molecule has 0 unspecified atom stereocenters. The van der Waals surface area contributed by atoms with Crippen LogP contribution >= 0.6 is 0 Å². The minimum absolute atomic E-state index is 0.0184. The van der Waals surface area contributed by atoms with Crippen LogP contribution in [-0.4, -0.2) is 32.2 Å². The van der Waals surface area contributed by atoms with E-state index in [-0.39, 0.29) is 46.9 Å². The van der Waals surface area contributed by atoms with Crippen molar-refractivity contribution >= 4 is 23.2 Å². The number of hydrogen-bond donors (Lipinski definition) is 2. The SMILES string of the molecule is CC(C)COc1cc(-c2nn(C(C)(C)C)c(Nc3cccc(C(F)(F)F)n3)c2C(N)=O)ccc1[N+](=O)[O-]. The number of hydrogen-bond acceptors (Lipinski definition) is 7. The monoisotopic (exact) mass is 520 g/mol. The van der Waals surface area contributed by atoms with E-state index in [0.717, 1.165) is 6.07 Å². The lowest BCUT2D eigenvalue weighted by Gasteiger charge is -2.23. The Hall–Kier alpha value is -4.16. The highest BCUT2D eigenvalue weighted by atomic mass is 19.4. The Morgan fingerprint density at radius 3 is 2.43 bits per heavy atom. The predicted molar refractivity (Wildman–Crippen MR) is 131 cm³/mol. The van der Waals surface area contributed by atoms with Crippen LogP contribution in [0, 0.1) is 16.0 Å². The minimum atomic E-state index is -4.68. The number of halogens is 3. The molecule has 3 N–H and O–H groups in total. The van der Waals surface area contributed by atoms with Gasteiger partial charge >= 0.3 is 11.9 Å². The summed E-state index contributed by atoms with van der Waals surface area (Å²) in [4.78, 5) is 27.2. The van der Waals surface area contributed by atoms with Gasteiger partial charge in [-0.2, -0.15) is 18.3 Å². The van der Waals surface area contributed by atoms with Crippen molar-refractivity contribution in [3.8, 4) is 17.0 Å². The summed E-state index contributed by atoms with van der Waals surface area (Å²) in [6, 6.07) is 7.32. The first kappa shape index (κ1) is 27.4. The van der Waals surface area contributed by atoms with Crippen LogP contribution in [0.5, 0.6) is 5.75 Å². The lowest BCUT2D eigenvalue weighted by atomic mass is 10.1. The molecular weight excluding hydrogens is 493 g/mol. The molecule has 198 valence electrons. The Morgan fingerprint density at radius 1 is 1.22 bits per heavy atom. The van der Waals surface area contributed by atoms with Gasteiger partial charge in [0, 0.05) is 11.6 Å². The Kier molecular flexibility index (Phi) is 7.46. The molecule has 3 rings (SSSR count). The van der Waals surface area contributed by atoms with E-state index in [1.54, 1.807) is 20.8 Å². The third-order valence-corrected chi connectivity index (χ3v) is 5.06. The van der Waals surface area contributed by atoms with E-state index in [2.05, 4.69) is 15.4 Å². The molecule has 0 aliphatic heterocycles. The Labute approximate surface area is 210 Å². The minimum Gasteiger partial charge on any atom is -0.487 e. The van der Waals surface area contributed by atoms with Gasteiger partial charge in [0.05, 0.1) is 17.1 Å². The van der Waals surface area contributed by atoms with Gasteiger partial charge in [-0.3, -0.25) is 14.9 Å². The number of anilines is 2. The van der Waals surface area contributed by atoms with Gasteiger partial charge in [0.1, 0.15) is 28.6 Å². The van der Waals surface area contributed by atoms with Crippen LogP contribution in [-0.2, 0) is 11.7 Å². The molecule has 2 heterocycles. The van der Waals surface area contributed by atoms with E-state index >= 15 is 0 Å². The van der Waals surface area contributed by atoms with Gasteiger partial charge in [0.15, 0.2) is 5.75 Å². The molecule has 2 aromatic heterocycles. The van der Waals surface area contributed by atoms with E-state index in [9.17, 15) is 28.1 Å². The highest BCUT2D eigenvalue weighted by Crippen LogP contribution is 2.38. The molecule has 0 radical (unpaired) electrons. The van der Waals surface area contributed by atoms with Crippen molar-refractivity contribution in [2.24, 2.45) is 11.7 Å². The molecule has 0 atom stereocenters. The van der Waals surface area contributed by atoms with Crippen molar-refractivity contribution in [1.82, 2.24) is 14.8 Å². The summed E-state index contributed by atoms with van der Waals surface area (Å²) >= 11 is 0. The van der Waals surface area contributed by atoms with Crippen LogP contribution in [0.4, 0.5) is 30.5 Å². The van der Waals surface area contributed by atoms with E-state index in [1.165, 1.54) is 35.0 Å². The van der Waals surface area contributed by atoms with E-state index < -0.39 is 28.2 Å². The third-order valence-electron chi connectivity index (χ3n) is 5.06. The lowest BCUT2D eigenvalue weighted by Crippen LogP contribution is -2.25. The number of nitro groups is 1. The van der Waals surface area contributed by atoms with Crippen molar-refractivity contribution in [2.45, 2.75) is 46.3 Å². The molecule has 0 spiro atoms. The number of benzene rings is 1. The standard InChI is InChI=1S/C24H27F3N6O4/c1-13(2)12-37-16-11-14(9-10-15(16)33(35)36)20-19(21(28)34)22(32(31-20)23(3,4)5)30-18-8-6-7-17(29-18)24(25,26)27/h6-11,13H,12H2,1-5H3,(H2,28,34)(H,29,30). The van der Waals surface area contributed by atoms with Crippen LogP contribution < -0.4 is 15.8 Å². The van der Waals surface area contributed by atoms with Crippen molar-refractivity contribution in [3.63, 3.8) is 0 Å². The maximum absolute atomic E-state index is 13.2. The molecule has 0 fully saturated rings. The smallest absolute Gasteiger partial charge is 0.433 e. The fourth-order valence-corrected chi connectivity index (χ4v) is 3.42. The topological polar surface area (TPSA) is 138 Å². The number of nitrogens with zero attached hydrogens (tertiary/aromatic N) is 4. The number of ether oxygens (including phenoxy) is 1. The van der Waals surface area contributed by atoms with Gasteiger partial charge < -0.3 is 15.8 Å². The predicted octanol–water partition coefficient (Wildman–Crippen LogP) is 5.50. The van der Waals surface area contributed by atoms with Crippen LogP contribution in [0.2, 0.25) is 0 Å². The van der Waals surface area contributed by atoms with Gasteiger partial charge in [0.25, 0.3) is 5.91 Å². The number of pyridine rings is 1. The highest BCUT2D eigenvalue weighted by Gasteiger charge is 2.34. The number of amides is 1. The molecule has 0 aliphatic rings. The third kappa shape index (κ3) is 6.16. The second-order valence-electron chi connectivity index (χ2n) is 9.69. The molecule has 10 nitrogen and oxygen atoms in total. The molecule has 0 saturated heterocycles. The Bertz CT molecular complexity index is 1330. The number of nitro benzene ring substituents is 1. The van der Waals surface area contributed by atoms with Crippen molar-refractivity contribution in [1.29, 1.82) is 0 Å². The second-order valence-corrected chi connectivity index (χ2v) is 9.69. The largest absolute Gasteiger partial charge is 0.487 e. The molecule has 1 aromatic carbocycles. The van der Waals surface area contributed by atoms with Crippen molar-refractivity contribution in [3.05, 3.63) is 57.8 Å². The fourth-order valence-electron chi connectivity index (χ4n) is 3.42. The highest BCUT2D eigenvalue weighted by molar-refractivity contribution is 6.04. The van der Waals surface area contributed by atoms with Crippen molar-refractivity contribution in [2.75, 3.05) is 11.9 Å². The number of carbonyl (C=O) groups excluding carboxylic acids is 1. The molecule has 37 heavy (non-hydrogen) atoms. The number of nitrogens with two attached hydrogens (primary N) is 1. The average molecular weight is 521 g/mol. The lowest BCUT2D eigenvalue weighted by molar-refractivity contribution is -0.385. The Balaban J connectivity index is 2.22. The summed E-state index contributed by atoms with van der Waals surface area (Å²) in [6.07, 6.45) is -4.68. The van der Waals surface area contributed by atoms with Gasteiger partial charge in [-0.25, -0.2) is 9.67 Å². The quantitative estimate of drug-likeness (QED) is 0.295. The fraction of sp³-hybridized carbons (Fsp3) is 0.375. The first-order valence-electron chi connectivity index (χ1n) is 11.3. The number of primary amides is 1. The first-order chi connectivity index (χ1) is 17.1. The average Bonchev–Trinajstić information content (AvgIpc) is 3.17. The van der Waals surface area contributed by atoms with Crippen LogP contribution in [0.3, 0.4) is 0 Å². The molecule has 3 aromatic rings. The number of rotatable bonds is 8. The Morgan fingerprint density at radius 2 is 1.89 bits per heavy atom. The normalized spacial score (nSPS) is 12.0. The van der Waals surface area contributed by atoms with Crippen LogP contribution in [0.15, 0.2) is 36.4 Å². The second kappa shape index (κ2) is 10.1. The van der Waals surface area contributed by atoms with Gasteiger partial charge in [0.2, 0.25) is 0 Å². The van der Waals surface area contributed by atoms with Crippen LogP contribution in [0.25, 0.3) is 11.3 Å². The van der Waals surface area contributed by atoms with Gasteiger partial charge in [-0.1, -0.05) is 19.9 Å². The zero-order valence-corrected chi connectivity index (χ0v) is 20.9. The zero-order chi connectivity index (χ0) is 27.7. The summed E-state index contributed by atoms with van der Waals surface area (Å²) in [5.74, 6) is -1.02. The van der Waals surface area contributed by atoms with Crippen molar-refractivity contribution < 1.29 is 27.6 Å².